The maximum absolute atomic E-state index is 9.35. The maximum atomic E-state index is 9.35. The summed E-state index contributed by atoms with van der Waals surface area (Å²) in [4.78, 5) is 10.4. The highest BCUT2D eigenvalue weighted by molar-refractivity contribution is 7.15. The first-order chi connectivity index (χ1) is 8.47. The van der Waals surface area contributed by atoms with Gasteiger partial charge < -0.3 is 10.0 Å². The zero-order valence-corrected chi connectivity index (χ0v) is 12.5. The van der Waals surface area contributed by atoms with Gasteiger partial charge in [-0.1, -0.05) is 18.3 Å². The number of thiazole rings is 1. The smallest absolute Gasteiger partial charge is 0.185 e. The van der Waals surface area contributed by atoms with Gasteiger partial charge in [0, 0.05) is 25.2 Å². The van der Waals surface area contributed by atoms with Crippen molar-refractivity contribution in [1.29, 1.82) is 0 Å². The van der Waals surface area contributed by atoms with Crippen LogP contribution in [-0.4, -0.2) is 47.2 Å². The zero-order chi connectivity index (χ0) is 13.3. The van der Waals surface area contributed by atoms with Gasteiger partial charge in [-0.25, -0.2) is 4.98 Å². The van der Waals surface area contributed by atoms with E-state index in [4.69, 9.17) is 0 Å². The molecule has 2 rings (SSSR count). The number of hydrogen-bond acceptors (Lipinski definition) is 5. The molecule has 0 spiro atoms. The molecule has 1 saturated heterocycles. The lowest BCUT2D eigenvalue weighted by atomic mass is 10.0. The van der Waals surface area contributed by atoms with Crippen molar-refractivity contribution in [1.82, 2.24) is 9.88 Å². The van der Waals surface area contributed by atoms with Gasteiger partial charge in [0.25, 0.3) is 0 Å². The molecule has 18 heavy (non-hydrogen) atoms. The molecule has 1 fully saturated rings. The molecule has 0 amide bonds. The molecule has 1 aliphatic heterocycles. The minimum atomic E-state index is 0.109. The highest BCUT2D eigenvalue weighted by Gasteiger charge is 2.32. The molecule has 0 aromatic carbocycles. The molecule has 1 N–H and O–H groups in total. The molecule has 5 heteroatoms. The number of hydrogen-bond donors (Lipinski definition) is 1. The fourth-order valence-electron chi connectivity index (χ4n) is 2.31. The summed E-state index contributed by atoms with van der Waals surface area (Å²) in [5.41, 5.74) is 1.23. The highest BCUT2D eigenvalue weighted by atomic mass is 32.1. The summed E-state index contributed by atoms with van der Waals surface area (Å²) in [6.45, 7) is 9.79. The van der Waals surface area contributed by atoms with E-state index < -0.39 is 0 Å². The van der Waals surface area contributed by atoms with Gasteiger partial charge >= 0.3 is 0 Å². The van der Waals surface area contributed by atoms with Crippen LogP contribution in [-0.2, 0) is 13.0 Å². The number of nitrogens with zero attached hydrogens (tertiary/aromatic N) is 3. The quantitative estimate of drug-likeness (QED) is 0.907. The number of likely N-dealkylation sites (N-methyl/N-ethyl adjacent to an activating group) is 1. The van der Waals surface area contributed by atoms with Gasteiger partial charge in [-0.15, -0.1) is 0 Å². The molecule has 1 aromatic heterocycles. The van der Waals surface area contributed by atoms with Crippen molar-refractivity contribution in [3.8, 4) is 0 Å². The molecule has 0 saturated carbocycles. The van der Waals surface area contributed by atoms with E-state index in [9.17, 15) is 5.11 Å². The standard InChI is InChI=1S/C13H23N3OS/c1-5-10-11(8-17)18-12(14-10)16-7-6-15(4)13(2,3)9-16/h17H,5-9H2,1-4H3. The fraction of sp³-hybridized carbons (Fsp3) is 0.769. The van der Waals surface area contributed by atoms with E-state index in [1.807, 2.05) is 0 Å². The van der Waals surface area contributed by atoms with Crippen molar-refractivity contribution in [3.63, 3.8) is 0 Å². The lowest BCUT2D eigenvalue weighted by Gasteiger charge is -2.45. The summed E-state index contributed by atoms with van der Waals surface area (Å²) in [6, 6.07) is 0. The van der Waals surface area contributed by atoms with Gasteiger partial charge in [-0.05, 0) is 27.3 Å². The molecule has 2 heterocycles. The molecule has 0 atom stereocenters. The monoisotopic (exact) mass is 269 g/mol. The van der Waals surface area contributed by atoms with E-state index in [1.165, 1.54) is 0 Å². The fourth-order valence-corrected chi connectivity index (χ4v) is 3.34. The molecule has 4 nitrogen and oxygen atoms in total. The first-order valence-corrected chi connectivity index (χ1v) is 7.35. The summed E-state index contributed by atoms with van der Waals surface area (Å²) < 4.78 is 0. The van der Waals surface area contributed by atoms with Crippen LogP contribution in [0.15, 0.2) is 0 Å². The van der Waals surface area contributed by atoms with E-state index in [0.29, 0.717) is 0 Å². The number of anilines is 1. The van der Waals surface area contributed by atoms with Crippen molar-refractivity contribution >= 4 is 16.5 Å². The first kappa shape index (κ1) is 13.8. The number of aromatic nitrogens is 1. The molecule has 1 aromatic rings. The highest BCUT2D eigenvalue weighted by Crippen LogP contribution is 2.30. The second kappa shape index (κ2) is 5.15. The predicted molar refractivity (Wildman–Crippen MR) is 76.3 cm³/mol. The average Bonchev–Trinajstić information content (AvgIpc) is 2.75. The van der Waals surface area contributed by atoms with Gasteiger partial charge in [0.2, 0.25) is 0 Å². The Morgan fingerprint density at radius 3 is 2.61 bits per heavy atom. The van der Waals surface area contributed by atoms with Crippen molar-refractivity contribution in [3.05, 3.63) is 10.6 Å². The van der Waals surface area contributed by atoms with Crippen LogP contribution in [0, 0.1) is 0 Å². The lowest BCUT2D eigenvalue weighted by Crippen LogP contribution is -2.57. The minimum Gasteiger partial charge on any atom is -0.391 e. The molecule has 0 radical (unpaired) electrons. The van der Waals surface area contributed by atoms with Gasteiger partial charge in [0.15, 0.2) is 5.13 Å². The van der Waals surface area contributed by atoms with Gasteiger partial charge in [0.05, 0.1) is 17.2 Å². The van der Waals surface area contributed by atoms with Crippen LogP contribution in [0.25, 0.3) is 0 Å². The lowest BCUT2D eigenvalue weighted by molar-refractivity contribution is 0.139. The van der Waals surface area contributed by atoms with Crippen LogP contribution < -0.4 is 4.90 Å². The minimum absolute atomic E-state index is 0.109. The van der Waals surface area contributed by atoms with Crippen LogP contribution in [0.4, 0.5) is 5.13 Å². The van der Waals surface area contributed by atoms with Gasteiger partial charge in [-0.2, -0.15) is 0 Å². The van der Waals surface area contributed by atoms with Gasteiger partial charge in [0.1, 0.15) is 0 Å². The van der Waals surface area contributed by atoms with E-state index in [1.54, 1.807) is 11.3 Å². The van der Waals surface area contributed by atoms with Crippen LogP contribution in [0.3, 0.4) is 0 Å². The van der Waals surface area contributed by atoms with Crippen molar-refractivity contribution in [2.75, 3.05) is 31.6 Å². The van der Waals surface area contributed by atoms with E-state index in [2.05, 4.69) is 42.6 Å². The summed E-state index contributed by atoms with van der Waals surface area (Å²) in [5.74, 6) is 0. The topological polar surface area (TPSA) is 39.6 Å². The molecule has 102 valence electrons. The molecule has 0 aliphatic carbocycles. The Morgan fingerprint density at radius 2 is 2.11 bits per heavy atom. The molecular weight excluding hydrogens is 246 g/mol. The summed E-state index contributed by atoms with van der Waals surface area (Å²) in [5, 5.41) is 10.4. The molecule has 0 unspecified atom stereocenters. The third kappa shape index (κ3) is 2.53. The predicted octanol–water partition coefficient (Wildman–Crippen LogP) is 1.73. The normalized spacial score (nSPS) is 20.4. The van der Waals surface area contributed by atoms with Crippen LogP contribution in [0.1, 0.15) is 31.3 Å². The third-order valence-corrected chi connectivity index (χ3v) is 4.98. The Hall–Kier alpha value is -0.650. The second-order valence-corrected chi connectivity index (χ2v) is 6.60. The van der Waals surface area contributed by atoms with Crippen molar-refractivity contribution in [2.45, 2.75) is 39.3 Å². The number of piperazine rings is 1. The number of rotatable bonds is 3. The second-order valence-electron chi connectivity index (χ2n) is 5.53. The SMILES string of the molecule is CCc1nc(N2CCN(C)C(C)(C)C2)sc1CO. The Kier molecular flexibility index (Phi) is 3.94. The average molecular weight is 269 g/mol. The first-order valence-electron chi connectivity index (χ1n) is 6.53. The van der Waals surface area contributed by atoms with Gasteiger partial charge in [-0.3, -0.25) is 4.90 Å². The van der Waals surface area contributed by atoms with Crippen molar-refractivity contribution in [2.24, 2.45) is 0 Å². The zero-order valence-electron chi connectivity index (χ0n) is 11.7. The number of aliphatic hydroxyl groups is 1. The Morgan fingerprint density at radius 1 is 1.39 bits per heavy atom. The Labute approximate surface area is 113 Å². The third-order valence-electron chi connectivity index (χ3n) is 3.83. The van der Waals surface area contributed by atoms with Crippen LogP contribution in [0.2, 0.25) is 0 Å². The Bertz CT molecular complexity index is 395. The maximum Gasteiger partial charge on any atom is 0.185 e. The van der Waals surface area contributed by atoms with Crippen molar-refractivity contribution < 1.29 is 5.11 Å². The number of aliphatic hydroxyl groups excluding tert-OH is 1. The molecule has 0 bridgehead atoms. The summed E-state index contributed by atoms with van der Waals surface area (Å²) >= 11 is 1.64. The summed E-state index contributed by atoms with van der Waals surface area (Å²) in [6.07, 6.45) is 0.892. The molecular formula is C13H23N3OS. The Balaban J connectivity index is 2.19. The number of aryl methyl sites for hydroxylation is 1. The summed E-state index contributed by atoms with van der Waals surface area (Å²) in [7, 11) is 2.18. The van der Waals surface area contributed by atoms with E-state index >= 15 is 0 Å². The largest absolute Gasteiger partial charge is 0.391 e. The van der Waals surface area contributed by atoms with Crippen LogP contribution in [0.5, 0.6) is 0 Å². The van der Waals surface area contributed by atoms with E-state index in [0.717, 1.165) is 41.8 Å². The molecule has 1 aliphatic rings. The van der Waals surface area contributed by atoms with E-state index in [-0.39, 0.29) is 12.1 Å². The van der Waals surface area contributed by atoms with Crippen LogP contribution >= 0.6 is 11.3 Å².